The van der Waals surface area contributed by atoms with Crippen LogP contribution in [-0.4, -0.2) is 22.5 Å². The van der Waals surface area contributed by atoms with Gasteiger partial charge in [-0.15, -0.1) is 0 Å². The average molecular weight is 387 g/mol. The highest BCUT2D eigenvalue weighted by Gasteiger charge is 2.12. The van der Waals surface area contributed by atoms with Crippen molar-refractivity contribution in [1.29, 1.82) is 0 Å². The molecule has 7 nitrogen and oxygen atoms in total. The SMILES string of the molecule is Cc1cc([N+](=O)[O-])ccc1NC(=S)NC(=O)c1cccc(OCC(C)C)c1. The first-order valence-electron chi connectivity index (χ1n) is 8.36. The predicted molar refractivity (Wildman–Crippen MR) is 108 cm³/mol. The van der Waals surface area contributed by atoms with Crippen LogP contribution in [0.2, 0.25) is 0 Å². The van der Waals surface area contributed by atoms with Crippen LogP contribution in [0.25, 0.3) is 0 Å². The van der Waals surface area contributed by atoms with Crippen molar-refractivity contribution in [1.82, 2.24) is 5.32 Å². The highest BCUT2D eigenvalue weighted by molar-refractivity contribution is 7.80. The largest absolute Gasteiger partial charge is 0.493 e. The number of hydrogen-bond acceptors (Lipinski definition) is 5. The van der Waals surface area contributed by atoms with Crippen LogP contribution in [0.5, 0.6) is 5.75 Å². The summed E-state index contributed by atoms with van der Waals surface area (Å²) in [7, 11) is 0. The van der Waals surface area contributed by atoms with Gasteiger partial charge in [0.1, 0.15) is 5.75 Å². The molecule has 0 bridgehead atoms. The monoisotopic (exact) mass is 387 g/mol. The topological polar surface area (TPSA) is 93.5 Å². The number of rotatable bonds is 6. The molecule has 0 aliphatic heterocycles. The van der Waals surface area contributed by atoms with Crippen molar-refractivity contribution >= 4 is 34.6 Å². The molecule has 0 heterocycles. The van der Waals surface area contributed by atoms with Crippen molar-refractivity contribution in [2.75, 3.05) is 11.9 Å². The highest BCUT2D eigenvalue weighted by Crippen LogP contribution is 2.21. The highest BCUT2D eigenvalue weighted by atomic mass is 32.1. The number of anilines is 1. The molecule has 0 radical (unpaired) electrons. The van der Waals surface area contributed by atoms with E-state index in [1.54, 1.807) is 37.3 Å². The van der Waals surface area contributed by atoms with Gasteiger partial charge in [-0.25, -0.2) is 0 Å². The maximum Gasteiger partial charge on any atom is 0.269 e. The lowest BCUT2D eigenvalue weighted by Crippen LogP contribution is -2.34. The summed E-state index contributed by atoms with van der Waals surface area (Å²) in [6.45, 7) is 6.36. The molecule has 0 saturated heterocycles. The molecule has 2 aromatic rings. The number of hydrogen-bond donors (Lipinski definition) is 2. The lowest BCUT2D eigenvalue weighted by Gasteiger charge is -2.12. The molecule has 1 amide bonds. The predicted octanol–water partition coefficient (Wildman–Crippen LogP) is 4.06. The first-order chi connectivity index (χ1) is 12.8. The van der Waals surface area contributed by atoms with Crippen LogP contribution in [0.1, 0.15) is 29.8 Å². The van der Waals surface area contributed by atoms with E-state index in [9.17, 15) is 14.9 Å². The number of nitrogens with one attached hydrogen (secondary N) is 2. The van der Waals surface area contributed by atoms with Gasteiger partial charge in [-0.2, -0.15) is 0 Å². The average Bonchev–Trinajstić information content (AvgIpc) is 2.61. The summed E-state index contributed by atoms with van der Waals surface area (Å²) < 4.78 is 5.62. The Hall–Kier alpha value is -3.00. The third kappa shape index (κ3) is 6.03. The van der Waals surface area contributed by atoms with E-state index in [2.05, 4.69) is 10.6 Å². The van der Waals surface area contributed by atoms with Gasteiger partial charge in [0.15, 0.2) is 5.11 Å². The lowest BCUT2D eigenvalue weighted by atomic mass is 10.2. The molecule has 8 heteroatoms. The van der Waals surface area contributed by atoms with Crippen molar-refractivity contribution in [2.24, 2.45) is 5.92 Å². The van der Waals surface area contributed by atoms with E-state index in [-0.39, 0.29) is 16.7 Å². The van der Waals surface area contributed by atoms with Crippen LogP contribution in [0.4, 0.5) is 11.4 Å². The molecule has 2 rings (SSSR count). The Morgan fingerprint density at radius 1 is 1.26 bits per heavy atom. The standard InChI is InChI=1S/C19H21N3O4S/c1-12(2)11-26-16-6-4-5-14(10-16)18(23)21-19(27)20-17-8-7-15(22(24)25)9-13(17)3/h4-10,12H,11H2,1-3H3,(H2,20,21,23,27). The number of aryl methyl sites for hydroxylation is 1. The van der Waals surface area contributed by atoms with Crippen LogP contribution in [0.15, 0.2) is 42.5 Å². The molecule has 0 spiro atoms. The molecule has 0 saturated carbocycles. The van der Waals surface area contributed by atoms with Crippen molar-refractivity contribution in [3.05, 3.63) is 63.7 Å². The molecule has 0 atom stereocenters. The zero-order valence-electron chi connectivity index (χ0n) is 15.3. The Morgan fingerprint density at radius 2 is 2.00 bits per heavy atom. The van der Waals surface area contributed by atoms with Crippen LogP contribution in [-0.2, 0) is 0 Å². The van der Waals surface area contributed by atoms with Gasteiger partial charge >= 0.3 is 0 Å². The van der Waals surface area contributed by atoms with Crippen molar-refractivity contribution in [3.63, 3.8) is 0 Å². The van der Waals surface area contributed by atoms with Gasteiger partial charge in [0.2, 0.25) is 0 Å². The van der Waals surface area contributed by atoms with E-state index < -0.39 is 4.92 Å². The molecular formula is C19H21N3O4S. The van der Waals surface area contributed by atoms with Gasteiger partial charge < -0.3 is 10.1 Å². The summed E-state index contributed by atoms with van der Waals surface area (Å²) in [6, 6.07) is 11.2. The molecule has 142 valence electrons. The number of nitro benzene ring substituents is 1. The summed E-state index contributed by atoms with van der Waals surface area (Å²) in [4.78, 5) is 22.7. The second-order valence-corrected chi connectivity index (χ2v) is 6.81. The maximum absolute atomic E-state index is 12.4. The quantitative estimate of drug-likeness (QED) is 0.441. The number of amides is 1. The van der Waals surface area contributed by atoms with E-state index in [0.717, 1.165) is 0 Å². The van der Waals surface area contributed by atoms with Gasteiger partial charge in [0.05, 0.1) is 11.5 Å². The van der Waals surface area contributed by atoms with E-state index in [1.165, 1.54) is 12.1 Å². The van der Waals surface area contributed by atoms with Crippen LogP contribution < -0.4 is 15.4 Å². The number of carbonyl (C=O) groups excluding carboxylic acids is 1. The van der Waals surface area contributed by atoms with Crippen molar-refractivity contribution in [3.8, 4) is 5.75 Å². The Morgan fingerprint density at radius 3 is 2.63 bits per heavy atom. The second-order valence-electron chi connectivity index (χ2n) is 6.40. The molecule has 0 fully saturated rings. The number of non-ortho nitro benzene ring substituents is 1. The minimum absolute atomic E-state index is 0.00813. The Labute approximate surface area is 162 Å². The molecule has 2 N–H and O–H groups in total. The van der Waals surface area contributed by atoms with Gasteiger partial charge in [-0.3, -0.25) is 20.2 Å². The smallest absolute Gasteiger partial charge is 0.269 e. The number of thiocarbonyl (C=S) groups is 1. The first-order valence-corrected chi connectivity index (χ1v) is 8.77. The zero-order chi connectivity index (χ0) is 20.0. The Bertz CT molecular complexity index is 868. The van der Waals surface area contributed by atoms with Gasteiger partial charge in [0.25, 0.3) is 11.6 Å². The van der Waals surface area contributed by atoms with E-state index >= 15 is 0 Å². The third-order valence-electron chi connectivity index (χ3n) is 3.58. The van der Waals surface area contributed by atoms with E-state index in [4.69, 9.17) is 17.0 Å². The summed E-state index contributed by atoms with van der Waals surface area (Å²) in [5.74, 6) is 0.618. The number of nitro groups is 1. The lowest BCUT2D eigenvalue weighted by molar-refractivity contribution is -0.384. The maximum atomic E-state index is 12.4. The first kappa shape index (κ1) is 20.3. The number of carbonyl (C=O) groups is 1. The third-order valence-corrected chi connectivity index (χ3v) is 3.78. The minimum atomic E-state index is -0.467. The normalized spacial score (nSPS) is 10.4. The summed E-state index contributed by atoms with van der Waals surface area (Å²) in [5.41, 5.74) is 1.64. The zero-order valence-corrected chi connectivity index (χ0v) is 16.1. The number of ether oxygens (including phenoxy) is 1. The molecule has 0 unspecified atom stereocenters. The fourth-order valence-corrected chi connectivity index (χ4v) is 2.42. The van der Waals surface area contributed by atoms with Crippen LogP contribution in [0, 0.1) is 23.0 Å². The summed E-state index contributed by atoms with van der Waals surface area (Å²) in [6.07, 6.45) is 0. The van der Waals surface area contributed by atoms with Crippen LogP contribution >= 0.6 is 12.2 Å². The summed E-state index contributed by atoms with van der Waals surface area (Å²) >= 11 is 5.17. The van der Waals surface area contributed by atoms with Crippen molar-refractivity contribution in [2.45, 2.75) is 20.8 Å². The van der Waals surface area contributed by atoms with Gasteiger partial charge in [-0.1, -0.05) is 19.9 Å². The molecule has 0 aromatic heterocycles. The van der Waals surface area contributed by atoms with Crippen molar-refractivity contribution < 1.29 is 14.5 Å². The van der Waals surface area contributed by atoms with E-state index in [1.807, 2.05) is 13.8 Å². The summed E-state index contributed by atoms with van der Waals surface area (Å²) in [5, 5.41) is 16.4. The fraction of sp³-hybridized carbons (Fsp3) is 0.263. The number of nitrogens with zero attached hydrogens (tertiary/aromatic N) is 1. The molecule has 0 aliphatic rings. The molecule has 2 aromatic carbocycles. The second kappa shape index (κ2) is 9.09. The molecule has 27 heavy (non-hydrogen) atoms. The minimum Gasteiger partial charge on any atom is -0.493 e. The fourth-order valence-electron chi connectivity index (χ4n) is 2.22. The number of benzene rings is 2. The van der Waals surface area contributed by atoms with Gasteiger partial charge in [-0.05, 0) is 54.9 Å². The molecule has 0 aliphatic carbocycles. The molecular weight excluding hydrogens is 366 g/mol. The Balaban J connectivity index is 2.00. The Kier molecular flexibility index (Phi) is 6.84. The van der Waals surface area contributed by atoms with Crippen LogP contribution in [0.3, 0.4) is 0 Å². The van der Waals surface area contributed by atoms with E-state index in [0.29, 0.717) is 35.1 Å². The van der Waals surface area contributed by atoms with Gasteiger partial charge in [0, 0.05) is 23.4 Å².